The number of hydrogen-bond donors (Lipinski definition) is 1. The second-order valence-electron chi connectivity index (χ2n) is 8.60. The molecule has 0 atom stereocenters. The Morgan fingerprint density at radius 2 is 1.97 bits per heavy atom. The molecule has 7 heteroatoms. The van der Waals surface area contributed by atoms with Crippen molar-refractivity contribution in [1.29, 1.82) is 0 Å². The molecule has 0 unspecified atom stereocenters. The fraction of sp³-hybridized carbons (Fsp3) is 0.591. The molecular formula is C22H30N4O3. The highest BCUT2D eigenvalue weighted by Gasteiger charge is 2.29. The molecule has 0 bridgehead atoms. The summed E-state index contributed by atoms with van der Waals surface area (Å²) in [6.07, 6.45) is 4.56. The van der Waals surface area contributed by atoms with Crippen molar-refractivity contribution in [3.8, 4) is 0 Å². The molecule has 2 amide bonds. The number of likely N-dealkylation sites (N-methyl/N-ethyl adjacent to an activating group) is 1. The number of oxazole rings is 1. The van der Waals surface area contributed by atoms with E-state index in [-0.39, 0.29) is 11.8 Å². The predicted octanol–water partition coefficient (Wildman–Crippen LogP) is 2.63. The highest BCUT2D eigenvalue weighted by molar-refractivity contribution is 5.97. The van der Waals surface area contributed by atoms with Gasteiger partial charge in [-0.25, -0.2) is 4.98 Å². The van der Waals surface area contributed by atoms with Gasteiger partial charge in [0.05, 0.1) is 0 Å². The minimum Gasteiger partial charge on any atom is -0.440 e. The lowest BCUT2D eigenvalue weighted by Gasteiger charge is -2.31. The monoisotopic (exact) mass is 398 g/mol. The van der Waals surface area contributed by atoms with Gasteiger partial charge in [-0.2, -0.15) is 0 Å². The maximum Gasteiger partial charge on any atom is 0.253 e. The first-order valence-electron chi connectivity index (χ1n) is 10.6. The third-order valence-electron chi connectivity index (χ3n) is 5.83. The summed E-state index contributed by atoms with van der Waals surface area (Å²) in [4.78, 5) is 33.5. The van der Waals surface area contributed by atoms with E-state index in [2.05, 4.69) is 10.3 Å². The van der Waals surface area contributed by atoms with Gasteiger partial charge in [-0.1, -0.05) is 0 Å². The molecule has 1 saturated carbocycles. The molecule has 4 rings (SSSR count). The van der Waals surface area contributed by atoms with Crippen molar-refractivity contribution in [2.45, 2.75) is 38.0 Å². The Morgan fingerprint density at radius 3 is 2.66 bits per heavy atom. The number of nitrogens with one attached hydrogen (secondary N) is 1. The van der Waals surface area contributed by atoms with Crippen LogP contribution in [0.3, 0.4) is 0 Å². The average molecular weight is 399 g/mol. The number of piperidine rings is 1. The van der Waals surface area contributed by atoms with Crippen LogP contribution in [0.15, 0.2) is 22.6 Å². The van der Waals surface area contributed by atoms with E-state index in [0.29, 0.717) is 43.5 Å². The normalized spacial score (nSPS) is 17.8. The van der Waals surface area contributed by atoms with Crippen LogP contribution in [0.2, 0.25) is 0 Å². The van der Waals surface area contributed by atoms with Gasteiger partial charge in [0.1, 0.15) is 5.52 Å². The van der Waals surface area contributed by atoms with Crippen LogP contribution in [0.1, 0.15) is 54.3 Å². The van der Waals surface area contributed by atoms with E-state index in [1.165, 1.54) is 0 Å². The SMILES string of the molecule is CN(C)CCNC(=O)CC1CCN(C(=O)c2ccc3oc(C4CC4)nc3c2)CC1. The lowest BCUT2D eigenvalue weighted by molar-refractivity contribution is -0.122. The summed E-state index contributed by atoms with van der Waals surface area (Å²) in [5, 5.41) is 2.98. The molecule has 156 valence electrons. The second-order valence-corrected chi connectivity index (χ2v) is 8.60. The summed E-state index contributed by atoms with van der Waals surface area (Å²) in [7, 11) is 3.98. The lowest BCUT2D eigenvalue weighted by Crippen LogP contribution is -2.40. The predicted molar refractivity (Wildman–Crippen MR) is 111 cm³/mol. The van der Waals surface area contributed by atoms with Crippen LogP contribution in [-0.2, 0) is 4.79 Å². The van der Waals surface area contributed by atoms with E-state index in [9.17, 15) is 9.59 Å². The molecule has 0 spiro atoms. The molecule has 2 aliphatic rings. The molecule has 0 radical (unpaired) electrons. The van der Waals surface area contributed by atoms with Crippen molar-refractivity contribution >= 4 is 22.9 Å². The van der Waals surface area contributed by atoms with Crippen LogP contribution in [0, 0.1) is 5.92 Å². The molecule has 1 aromatic heterocycles. The third-order valence-corrected chi connectivity index (χ3v) is 5.83. The van der Waals surface area contributed by atoms with Crippen LogP contribution in [0.4, 0.5) is 0 Å². The lowest BCUT2D eigenvalue weighted by atomic mass is 9.93. The molecule has 2 aromatic rings. The average Bonchev–Trinajstić information content (AvgIpc) is 3.46. The van der Waals surface area contributed by atoms with Crippen molar-refractivity contribution in [3.63, 3.8) is 0 Å². The van der Waals surface area contributed by atoms with Gasteiger partial charge in [-0.05, 0) is 63.9 Å². The Hall–Kier alpha value is -2.41. The van der Waals surface area contributed by atoms with Gasteiger partial charge in [-0.3, -0.25) is 9.59 Å². The van der Waals surface area contributed by atoms with Crippen molar-refractivity contribution in [1.82, 2.24) is 20.1 Å². The number of likely N-dealkylation sites (tertiary alicyclic amines) is 1. The molecule has 7 nitrogen and oxygen atoms in total. The number of carbonyl (C=O) groups excluding carboxylic acids is 2. The summed E-state index contributed by atoms with van der Waals surface area (Å²) in [5.41, 5.74) is 2.18. The van der Waals surface area contributed by atoms with E-state index in [1.54, 1.807) is 0 Å². The Morgan fingerprint density at radius 1 is 1.21 bits per heavy atom. The van der Waals surface area contributed by atoms with E-state index >= 15 is 0 Å². The van der Waals surface area contributed by atoms with Crippen LogP contribution in [0.25, 0.3) is 11.1 Å². The highest BCUT2D eigenvalue weighted by atomic mass is 16.3. The van der Waals surface area contributed by atoms with Crippen LogP contribution in [0.5, 0.6) is 0 Å². The number of nitrogens with zero attached hydrogens (tertiary/aromatic N) is 3. The molecule has 1 aliphatic heterocycles. The minimum atomic E-state index is 0.0387. The van der Waals surface area contributed by atoms with Crippen molar-refractivity contribution in [2.24, 2.45) is 5.92 Å². The van der Waals surface area contributed by atoms with E-state index < -0.39 is 0 Å². The van der Waals surface area contributed by atoms with E-state index in [4.69, 9.17) is 4.42 Å². The number of rotatable bonds is 7. The number of carbonyl (C=O) groups is 2. The second kappa shape index (κ2) is 8.53. The minimum absolute atomic E-state index is 0.0387. The van der Waals surface area contributed by atoms with Gasteiger partial charge in [0.2, 0.25) is 5.91 Å². The van der Waals surface area contributed by atoms with Gasteiger partial charge in [0, 0.05) is 44.1 Å². The zero-order valence-corrected chi connectivity index (χ0v) is 17.3. The Bertz CT molecular complexity index is 879. The van der Waals surface area contributed by atoms with Crippen LogP contribution < -0.4 is 5.32 Å². The van der Waals surface area contributed by atoms with Crippen molar-refractivity contribution in [2.75, 3.05) is 40.3 Å². The topological polar surface area (TPSA) is 78.7 Å². The molecule has 1 aliphatic carbocycles. The largest absolute Gasteiger partial charge is 0.440 e. The first-order valence-corrected chi connectivity index (χ1v) is 10.6. The van der Waals surface area contributed by atoms with E-state index in [1.807, 2.05) is 42.1 Å². The molecular weight excluding hydrogens is 368 g/mol. The number of hydrogen-bond acceptors (Lipinski definition) is 5. The zero-order chi connectivity index (χ0) is 20.4. The standard InChI is InChI=1S/C22H30N4O3/c1-25(2)12-9-23-20(27)13-15-7-10-26(11-8-15)22(28)17-5-6-19-18(14-17)24-21(29-19)16-3-4-16/h5-6,14-16H,3-4,7-13H2,1-2H3,(H,23,27). The fourth-order valence-electron chi connectivity index (χ4n) is 3.86. The number of aromatic nitrogens is 1. The van der Waals surface area contributed by atoms with Gasteiger partial charge in [0.25, 0.3) is 5.91 Å². The molecule has 1 aromatic carbocycles. The summed E-state index contributed by atoms with van der Waals surface area (Å²) in [5.74, 6) is 1.75. The fourth-order valence-corrected chi connectivity index (χ4v) is 3.86. The first-order chi connectivity index (χ1) is 14.0. The van der Waals surface area contributed by atoms with Crippen LogP contribution in [-0.4, -0.2) is 66.9 Å². The van der Waals surface area contributed by atoms with Gasteiger partial charge in [0.15, 0.2) is 11.5 Å². The maximum absolute atomic E-state index is 12.9. The van der Waals surface area contributed by atoms with Gasteiger partial charge in [-0.15, -0.1) is 0 Å². The van der Waals surface area contributed by atoms with Crippen molar-refractivity contribution < 1.29 is 14.0 Å². The summed E-state index contributed by atoms with van der Waals surface area (Å²) < 4.78 is 5.79. The highest BCUT2D eigenvalue weighted by Crippen LogP contribution is 2.40. The van der Waals surface area contributed by atoms with Crippen LogP contribution >= 0.6 is 0 Å². The van der Waals surface area contributed by atoms with E-state index in [0.717, 1.165) is 49.2 Å². The first kappa shape index (κ1) is 19.9. The molecule has 29 heavy (non-hydrogen) atoms. The summed E-state index contributed by atoms with van der Waals surface area (Å²) in [6.45, 7) is 2.91. The zero-order valence-electron chi connectivity index (χ0n) is 17.3. The summed E-state index contributed by atoms with van der Waals surface area (Å²) in [6, 6.07) is 5.53. The Balaban J connectivity index is 1.28. The molecule has 1 N–H and O–H groups in total. The van der Waals surface area contributed by atoms with Gasteiger partial charge < -0.3 is 19.5 Å². The Labute approximate surface area is 171 Å². The molecule has 2 fully saturated rings. The number of benzene rings is 1. The summed E-state index contributed by atoms with van der Waals surface area (Å²) >= 11 is 0. The van der Waals surface area contributed by atoms with Gasteiger partial charge >= 0.3 is 0 Å². The Kier molecular flexibility index (Phi) is 5.85. The maximum atomic E-state index is 12.9. The van der Waals surface area contributed by atoms with Crippen molar-refractivity contribution in [3.05, 3.63) is 29.7 Å². The number of amides is 2. The molecule has 1 saturated heterocycles. The third kappa shape index (κ3) is 4.96. The number of fused-ring (bicyclic) bond motifs is 1. The molecule has 2 heterocycles. The smallest absolute Gasteiger partial charge is 0.253 e. The quantitative estimate of drug-likeness (QED) is 0.776.